The van der Waals surface area contributed by atoms with E-state index in [0.717, 1.165) is 0 Å². The molecule has 0 spiro atoms. The van der Waals surface area contributed by atoms with Gasteiger partial charge in [0.1, 0.15) is 0 Å². The molecule has 0 aromatic rings. The van der Waals surface area contributed by atoms with E-state index in [0.29, 0.717) is 0 Å². The van der Waals surface area contributed by atoms with E-state index in [1.165, 1.54) is 0 Å². The molecule has 0 fully saturated rings. The van der Waals surface area contributed by atoms with E-state index >= 15 is 0 Å². The molecule has 0 saturated heterocycles. The minimum atomic E-state index is -8.16. The second-order valence-corrected chi connectivity index (χ2v) is 12.1. The van der Waals surface area contributed by atoms with Gasteiger partial charge < -0.3 is 10.2 Å². The van der Waals surface area contributed by atoms with Crippen LogP contribution in [0.1, 0.15) is 12.8 Å². The molecule has 0 saturated carbocycles. The topological polar surface area (TPSA) is 40.5 Å². The van der Waals surface area contributed by atoms with Gasteiger partial charge in [0, 0.05) is 24.3 Å². The first kappa shape index (κ1) is 48.8. The van der Waals surface area contributed by atoms with Crippen molar-refractivity contribution in [2.75, 3.05) is 23.0 Å². The normalized spacial score (nSPS) is 17.3. The second kappa shape index (κ2) is 14.6. The molecule has 2 N–H and O–H groups in total. The highest BCUT2D eigenvalue weighted by Gasteiger charge is 2.92. The zero-order valence-corrected chi connectivity index (χ0v) is 24.6. The third kappa shape index (κ3) is 8.29. The lowest BCUT2D eigenvalue weighted by molar-refractivity contribution is -0.439. The van der Waals surface area contributed by atoms with Crippen molar-refractivity contribution in [1.82, 2.24) is 0 Å². The molecule has 2 unspecified atom stereocenters. The predicted molar refractivity (Wildman–Crippen MR) is 117 cm³/mol. The number of halogens is 26. The number of thioether (sulfide) groups is 2. The van der Waals surface area contributed by atoms with Gasteiger partial charge in [-0.1, -0.05) is 0 Å². The Hall–Kier alpha value is -1.20. The van der Waals surface area contributed by atoms with Gasteiger partial charge >= 0.3 is 71.6 Å². The van der Waals surface area contributed by atoms with Crippen LogP contribution in [-0.2, 0) is 0 Å². The molecule has 2 atom stereocenters. The summed E-state index contributed by atoms with van der Waals surface area (Å²) in [6.45, 7) is 0. The molecular weight excluding hydrogens is 830 g/mol. The van der Waals surface area contributed by atoms with Crippen LogP contribution in [0.3, 0.4) is 0 Å². The van der Waals surface area contributed by atoms with Crippen LogP contribution in [0.2, 0.25) is 0 Å². The second-order valence-electron chi connectivity index (χ2n) is 9.78. The van der Waals surface area contributed by atoms with Gasteiger partial charge in [-0.3, -0.25) is 0 Å². The Kier molecular flexibility index (Phi) is 14.2. The van der Waals surface area contributed by atoms with Crippen molar-refractivity contribution in [3.05, 3.63) is 0 Å². The lowest BCUT2D eigenvalue weighted by Gasteiger charge is -2.39. The molecule has 0 heterocycles. The molecule has 302 valence electrons. The maximum absolute atomic E-state index is 13.7. The molecular formula is C20H16F26O2S2. The molecule has 0 rings (SSSR count). The highest BCUT2D eigenvalue weighted by atomic mass is 32.2. The monoisotopic (exact) mass is 846 g/mol. The van der Waals surface area contributed by atoms with Crippen LogP contribution < -0.4 is 0 Å². The van der Waals surface area contributed by atoms with Crippen molar-refractivity contribution in [1.29, 1.82) is 0 Å². The average molecular weight is 846 g/mol. The number of rotatable bonds is 19. The number of aliphatic hydroxyl groups is 2. The third-order valence-electron chi connectivity index (χ3n) is 6.14. The lowest BCUT2D eigenvalue weighted by Crippen LogP contribution is -2.70. The Morgan fingerprint density at radius 1 is 0.320 bits per heavy atom. The summed E-state index contributed by atoms with van der Waals surface area (Å²) in [5.74, 6) is -82.4. The van der Waals surface area contributed by atoms with Crippen LogP contribution in [0.25, 0.3) is 0 Å². The summed E-state index contributed by atoms with van der Waals surface area (Å²) in [6, 6.07) is 0. The molecule has 50 heavy (non-hydrogen) atoms. The van der Waals surface area contributed by atoms with Gasteiger partial charge in [0.05, 0.1) is 12.2 Å². The maximum Gasteiger partial charge on any atom is 0.460 e. The zero-order chi connectivity index (χ0) is 40.8. The van der Waals surface area contributed by atoms with Crippen LogP contribution in [-0.4, -0.2) is 117 Å². The quantitative estimate of drug-likeness (QED) is 0.101. The summed E-state index contributed by atoms with van der Waals surface area (Å²) < 4.78 is 340. The van der Waals surface area contributed by atoms with Crippen LogP contribution in [0.5, 0.6) is 0 Å². The minimum absolute atomic E-state index is 0.292. The molecule has 0 radical (unpaired) electrons. The van der Waals surface area contributed by atoms with Crippen molar-refractivity contribution >= 4 is 23.5 Å². The molecule has 0 amide bonds. The largest absolute Gasteiger partial charge is 0.460 e. The zero-order valence-electron chi connectivity index (χ0n) is 22.9. The van der Waals surface area contributed by atoms with E-state index < -0.39 is 120 Å². The smallest absolute Gasteiger partial charge is 0.390 e. The highest BCUT2D eigenvalue weighted by molar-refractivity contribution is 7.99. The van der Waals surface area contributed by atoms with Crippen molar-refractivity contribution in [3.8, 4) is 0 Å². The predicted octanol–water partition coefficient (Wildman–Crippen LogP) is 9.43. The lowest BCUT2D eigenvalue weighted by atomic mass is 9.93. The third-order valence-corrected chi connectivity index (χ3v) is 8.28. The summed E-state index contributed by atoms with van der Waals surface area (Å²) in [4.78, 5) is 0. The summed E-state index contributed by atoms with van der Waals surface area (Å²) in [5, 5.41) is 19.2. The first-order valence-corrected chi connectivity index (χ1v) is 14.3. The molecule has 2 nitrogen and oxygen atoms in total. The fourth-order valence-corrected chi connectivity index (χ4v) is 5.01. The van der Waals surface area contributed by atoms with Crippen LogP contribution in [0, 0.1) is 0 Å². The van der Waals surface area contributed by atoms with Crippen molar-refractivity contribution in [2.45, 2.75) is 96.6 Å². The first-order valence-electron chi connectivity index (χ1n) is 11.9. The summed E-state index contributed by atoms with van der Waals surface area (Å²) >= 11 is -0.584. The fraction of sp³-hybridized carbons (Fsp3) is 1.00. The Labute approximate surface area is 268 Å². The van der Waals surface area contributed by atoms with Gasteiger partial charge in [0.15, 0.2) is 0 Å². The Morgan fingerprint density at radius 2 is 0.520 bits per heavy atom. The van der Waals surface area contributed by atoms with Crippen molar-refractivity contribution in [2.24, 2.45) is 0 Å². The summed E-state index contributed by atoms with van der Waals surface area (Å²) in [7, 11) is 0. The Balaban J connectivity index is 5.33. The van der Waals surface area contributed by atoms with Crippen LogP contribution in [0.15, 0.2) is 0 Å². The van der Waals surface area contributed by atoms with Crippen LogP contribution in [0.4, 0.5) is 114 Å². The molecule has 0 bridgehead atoms. The van der Waals surface area contributed by atoms with Gasteiger partial charge in [0.25, 0.3) is 0 Å². The standard InChI is InChI=1S/C20H16F26O2S2/c21-9(22,11(25,26)13(29,30)15(33,34)17(37,38)19(41,42)43)1-3-49-5-7(47)8(48)6-50-4-2-10(23,24)12(27,28)14(31,32)16(35,36)18(39,40)20(44,45)46/h7-8,47-48H,1-6H2. The van der Waals surface area contributed by atoms with Gasteiger partial charge in [-0.05, 0) is 11.5 Å². The molecule has 30 heteroatoms. The molecule has 0 aromatic heterocycles. The summed E-state index contributed by atoms with van der Waals surface area (Å²) in [6.07, 6.45) is -25.5. The summed E-state index contributed by atoms with van der Waals surface area (Å²) in [5.41, 5.74) is 0. The van der Waals surface area contributed by atoms with E-state index in [2.05, 4.69) is 0 Å². The molecule has 0 aliphatic carbocycles. The van der Waals surface area contributed by atoms with Gasteiger partial charge in [-0.2, -0.15) is 138 Å². The first-order chi connectivity index (χ1) is 21.5. The van der Waals surface area contributed by atoms with Gasteiger partial charge in [-0.25, -0.2) is 0 Å². The molecule has 0 aliphatic heterocycles. The van der Waals surface area contributed by atoms with Crippen molar-refractivity contribution < 1.29 is 124 Å². The molecule has 0 aliphatic rings. The maximum atomic E-state index is 13.7. The minimum Gasteiger partial charge on any atom is -0.390 e. The highest BCUT2D eigenvalue weighted by Crippen LogP contribution is 2.62. The Morgan fingerprint density at radius 3 is 0.720 bits per heavy atom. The SMILES string of the molecule is OC(CSCCC(F)(F)C(F)(F)C(F)(F)C(F)(F)C(F)(F)C(F)(F)F)C(O)CSCCC(F)(F)C(F)(F)C(F)(F)C(F)(F)C(F)(F)C(F)(F)F. The van der Waals surface area contributed by atoms with Gasteiger partial charge in [0.2, 0.25) is 0 Å². The fourth-order valence-electron chi connectivity index (χ4n) is 2.95. The Bertz CT molecular complexity index is 1030. The van der Waals surface area contributed by atoms with Gasteiger partial charge in [-0.15, -0.1) is 0 Å². The van der Waals surface area contributed by atoms with E-state index in [4.69, 9.17) is 0 Å². The average Bonchev–Trinajstić information content (AvgIpc) is 2.90. The van der Waals surface area contributed by atoms with E-state index in [1.54, 1.807) is 0 Å². The van der Waals surface area contributed by atoms with Crippen LogP contribution >= 0.6 is 23.5 Å². The number of hydrogen-bond acceptors (Lipinski definition) is 4. The van der Waals surface area contributed by atoms with E-state index in [1.807, 2.05) is 0 Å². The number of alkyl halides is 26. The van der Waals surface area contributed by atoms with E-state index in [-0.39, 0.29) is 23.5 Å². The molecule has 0 aromatic carbocycles. The number of hydrogen-bond donors (Lipinski definition) is 2. The van der Waals surface area contributed by atoms with Crippen molar-refractivity contribution in [3.63, 3.8) is 0 Å². The van der Waals surface area contributed by atoms with E-state index in [9.17, 15) is 124 Å². The number of aliphatic hydroxyl groups excluding tert-OH is 2.